The van der Waals surface area contributed by atoms with Crippen molar-refractivity contribution >= 4 is 12.2 Å². The average Bonchev–Trinajstić information content (AvgIpc) is 2.88. The van der Waals surface area contributed by atoms with Crippen LogP contribution in [0, 0.1) is 0 Å². The van der Waals surface area contributed by atoms with E-state index in [0.717, 1.165) is 18.4 Å². The van der Waals surface area contributed by atoms with Gasteiger partial charge in [0.25, 0.3) is 0 Å². The molecule has 1 amide bonds. The predicted molar refractivity (Wildman–Crippen MR) is 79.3 cm³/mol. The predicted octanol–water partition coefficient (Wildman–Crippen LogP) is 3.85. The number of carbonyl (C=O) groups is 1. The van der Waals surface area contributed by atoms with Gasteiger partial charge in [-0.1, -0.05) is 61.7 Å². The Morgan fingerprint density at radius 3 is 2.60 bits per heavy atom. The summed E-state index contributed by atoms with van der Waals surface area (Å²) in [5.41, 5.74) is 1.16. The standard InChI is InChI=1S/C17H21NO2/c19-17-18(15-9-5-2-6-10-15)16(13-20-17)12-11-14-7-3-1-4-8-14/h1,3-4,7-8,11-12,15-16H,2,5-6,9-10,13H2/b12-11+/t16-/m0/s1. The van der Waals surface area contributed by atoms with E-state index < -0.39 is 0 Å². The minimum atomic E-state index is -0.139. The number of amides is 1. The maximum Gasteiger partial charge on any atom is 0.410 e. The lowest BCUT2D eigenvalue weighted by Crippen LogP contribution is -2.42. The highest BCUT2D eigenvalue weighted by Crippen LogP contribution is 2.28. The summed E-state index contributed by atoms with van der Waals surface area (Å²) in [5.74, 6) is 0. The Morgan fingerprint density at radius 2 is 1.85 bits per heavy atom. The van der Waals surface area contributed by atoms with Crippen molar-refractivity contribution in [1.29, 1.82) is 0 Å². The minimum Gasteiger partial charge on any atom is -0.447 e. The lowest BCUT2D eigenvalue weighted by molar-refractivity contribution is 0.135. The summed E-state index contributed by atoms with van der Waals surface area (Å²) in [6.45, 7) is 0.485. The normalized spacial score (nSPS) is 24.3. The second kappa shape index (κ2) is 6.12. The van der Waals surface area contributed by atoms with Gasteiger partial charge in [-0.15, -0.1) is 0 Å². The van der Waals surface area contributed by atoms with Gasteiger partial charge in [-0.25, -0.2) is 4.79 Å². The highest BCUT2D eigenvalue weighted by atomic mass is 16.6. The van der Waals surface area contributed by atoms with E-state index in [1.807, 2.05) is 23.1 Å². The lowest BCUT2D eigenvalue weighted by atomic mass is 9.93. The maximum atomic E-state index is 12.0. The van der Waals surface area contributed by atoms with E-state index in [9.17, 15) is 4.79 Å². The molecule has 1 aliphatic carbocycles. The molecular formula is C17H21NO2. The Kier molecular flexibility index (Phi) is 4.05. The molecule has 3 nitrogen and oxygen atoms in total. The minimum absolute atomic E-state index is 0.0887. The summed E-state index contributed by atoms with van der Waals surface area (Å²) in [5, 5.41) is 0. The first-order valence-electron chi connectivity index (χ1n) is 7.53. The van der Waals surface area contributed by atoms with Crippen molar-refractivity contribution in [1.82, 2.24) is 4.90 Å². The van der Waals surface area contributed by atoms with Gasteiger partial charge in [0.05, 0.1) is 6.04 Å². The number of ether oxygens (including phenoxy) is 1. The summed E-state index contributed by atoms with van der Waals surface area (Å²) >= 11 is 0. The molecule has 0 unspecified atom stereocenters. The summed E-state index contributed by atoms with van der Waals surface area (Å²) in [7, 11) is 0. The van der Waals surface area contributed by atoms with E-state index >= 15 is 0 Å². The molecule has 3 rings (SSSR count). The highest BCUT2D eigenvalue weighted by molar-refractivity contribution is 5.71. The first-order chi connectivity index (χ1) is 9.84. The molecule has 0 spiro atoms. The molecule has 0 N–H and O–H groups in total. The third-order valence-electron chi connectivity index (χ3n) is 4.22. The van der Waals surface area contributed by atoms with E-state index in [0.29, 0.717) is 12.6 Å². The average molecular weight is 271 g/mol. The Labute approximate surface area is 120 Å². The van der Waals surface area contributed by atoms with Crippen molar-refractivity contribution in [2.45, 2.75) is 44.2 Å². The molecule has 1 saturated heterocycles. The van der Waals surface area contributed by atoms with Crippen LogP contribution in [0.5, 0.6) is 0 Å². The zero-order chi connectivity index (χ0) is 13.8. The molecule has 1 atom stereocenters. The molecule has 1 aliphatic heterocycles. The molecule has 1 heterocycles. The van der Waals surface area contributed by atoms with E-state index in [-0.39, 0.29) is 12.1 Å². The van der Waals surface area contributed by atoms with Crippen LogP contribution in [0.25, 0.3) is 6.08 Å². The molecule has 2 fully saturated rings. The number of hydrogen-bond donors (Lipinski definition) is 0. The summed E-state index contributed by atoms with van der Waals surface area (Å²) < 4.78 is 5.26. The van der Waals surface area contributed by atoms with Crippen LogP contribution in [0.15, 0.2) is 36.4 Å². The molecular weight excluding hydrogens is 250 g/mol. The second-order valence-corrected chi connectivity index (χ2v) is 5.61. The SMILES string of the molecule is O=C1OC[C@H](/C=C/c2ccccc2)N1C1CCCCC1. The fraction of sp³-hybridized carbons (Fsp3) is 0.471. The van der Waals surface area contributed by atoms with Gasteiger partial charge in [-0.3, -0.25) is 4.90 Å². The molecule has 1 aromatic carbocycles. The van der Waals surface area contributed by atoms with E-state index in [1.165, 1.54) is 19.3 Å². The summed E-state index contributed by atoms with van der Waals surface area (Å²) in [4.78, 5) is 13.9. The molecule has 2 aliphatic rings. The van der Waals surface area contributed by atoms with Crippen LogP contribution < -0.4 is 0 Å². The van der Waals surface area contributed by atoms with E-state index in [2.05, 4.69) is 24.3 Å². The monoisotopic (exact) mass is 271 g/mol. The quantitative estimate of drug-likeness (QED) is 0.835. The van der Waals surface area contributed by atoms with Crippen molar-refractivity contribution in [3.05, 3.63) is 42.0 Å². The zero-order valence-electron chi connectivity index (χ0n) is 11.7. The highest BCUT2D eigenvalue weighted by Gasteiger charge is 2.36. The van der Waals surface area contributed by atoms with E-state index in [1.54, 1.807) is 0 Å². The molecule has 1 aromatic rings. The number of benzene rings is 1. The van der Waals surface area contributed by atoms with Crippen molar-refractivity contribution in [2.75, 3.05) is 6.61 Å². The van der Waals surface area contributed by atoms with Gasteiger partial charge in [0, 0.05) is 6.04 Å². The van der Waals surface area contributed by atoms with Crippen LogP contribution in [-0.2, 0) is 4.74 Å². The maximum absolute atomic E-state index is 12.0. The third-order valence-corrected chi connectivity index (χ3v) is 4.22. The number of hydrogen-bond acceptors (Lipinski definition) is 2. The van der Waals surface area contributed by atoms with Gasteiger partial charge in [-0.2, -0.15) is 0 Å². The van der Waals surface area contributed by atoms with Crippen LogP contribution in [0.1, 0.15) is 37.7 Å². The van der Waals surface area contributed by atoms with Gasteiger partial charge in [0.15, 0.2) is 0 Å². The van der Waals surface area contributed by atoms with Crippen molar-refractivity contribution in [3.8, 4) is 0 Å². The summed E-state index contributed by atoms with van der Waals surface area (Å²) in [6, 6.07) is 10.6. The Balaban J connectivity index is 1.71. The van der Waals surface area contributed by atoms with Crippen LogP contribution in [-0.4, -0.2) is 29.7 Å². The molecule has 3 heteroatoms. The molecule has 0 radical (unpaired) electrons. The van der Waals surface area contributed by atoms with Crippen molar-refractivity contribution in [2.24, 2.45) is 0 Å². The van der Waals surface area contributed by atoms with Gasteiger partial charge in [0.2, 0.25) is 0 Å². The number of nitrogens with zero attached hydrogens (tertiary/aromatic N) is 1. The first-order valence-corrected chi connectivity index (χ1v) is 7.53. The smallest absolute Gasteiger partial charge is 0.410 e. The van der Waals surface area contributed by atoms with Crippen molar-refractivity contribution < 1.29 is 9.53 Å². The third kappa shape index (κ3) is 2.87. The van der Waals surface area contributed by atoms with Gasteiger partial charge < -0.3 is 4.74 Å². The molecule has 106 valence electrons. The molecule has 1 saturated carbocycles. The van der Waals surface area contributed by atoms with Gasteiger partial charge in [0.1, 0.15) is 6.61 Å². The van der Waals surface area contributed by atoms with Crippen LogP contribution >= 0.6 is 0 Å². The molecule has 0 bridgehead atoms. The Morgan fingerprint density at radius 1 is 1.10 bits per heavy atom. The Bertz CT molecular complexity index is 477. The first kappa shape index (κ1) is 13.2. The van der Waals surface area contributed by atoms with Gasteiger partial charge >= 0.3 is 6.09 Å². The summed E-state index contributed by atoms with van der Waals surface area (Å²) in [6.07, 6.45) is 10.0. The fourth-order valence-electron chi connectivity index (χ4n) is 3.16. The van der Waals surface area contributed by atoms with Crippen molar-refractivity contribution in [3.63, 3.8) is 0 Å². The second-order valence-electron chi connectivity index (χ2n) is 5.61. The van der Waals surface area contributed by atoms with E-state index in [4.69, 9.17) is 4.74 Å². The number of cyclic esters (lactones) is 1. The topological polar surface area (TPSA) is 29.5 Å². The molecule has 0 aromatic heterocycles. The van der Waals surface area contributed by atoms with Crippen LogP contribution in [0.2, 0.25) is 0 Å². The largest absolute Gasteiger partial charge is 0.447 e. The lowest BCUT2D eigenvalue weighted by Gasteiger charge is -2.32. The fourth-order valence-corrected chi connectivity index (χ4v) is 3.16. The zero-order valence-corrected chi connectivity index (χ0v) is 11.7. The number of rotatable bonds is 3. The van der Waals surface area contributed by atoms with Gasteiger partial charge in [-0.05, 0) is 18.4 Å². The van der Waals surface area contributed by atoms with Crippen LogP contribution in [0.4, 0.5) is 4.79 Å². The number of carbonyl (C=O) groups excluding carboxylic acids is 1. The Hall–Kier alpha value is -1.77. The molecule has 20 heavy (non-hydrogen) atoms. The van der Waals surface area contributed by atoms with Crippen LogP contribution in [0.3, 0.4) is 0 Å².